The van der Waals surface area contributed by atoms with Crippen LogP contribution in [-0.4, -0.2) is 11.1 Å². The molecule has 0 aromatic carbocycles. The molecule has 0 heterocycles. The van der Waals surface area contributed by atoms with Gasteiger partial charge in [0.25, 0.3) is 0 Å². The van der Waals surface area contributed by atoms with E-state index in [1.165, 1.54) is 25.7 Å². The largest absolute Gasteiger partial charge is 0.481 e. The fourth-order valence-corrected chi connectivity index (χ4v) is 4.11. The van der Waals surface area contributed by atoms with Gasteiger partial charge in [0.05, 0.1) is 6.42 Å². The molecule has 108 valence electrons. The number of hydrogen-bond acceptors (Lipinski definition) is 1. The van der Waals surface area contributed by atoms with E-state index in [-0.39, 0.29) is 5.41 Å². The molecule has 2 nitrogen and oxygen atoms in total. The molecular formula is C17H28O2. The predicted octanol–water partition coefficient (Wildman–Crippen LogP) is 4.65. The van der Waals surface area contributed by atoms with Gasteiger partial charge < -0.3 is 5.11 Å². The Kier molecular flexibility index (Phi) is 4.08. The maximum Gasteiger partial charge on any atom is 0.303 e. The van der Waals surface area contributed by atoms with E-state index in [0.717, 1.165) is 12.3 Å². The Morgan fingerprint density at radius 1 is 1.16 bits per heavy atom. The molecule has 3 atom stereocenters. The Hall–Kier alpha value is -0.790. The topological polar surface area (TPSA) is 37.3 Å². The Bertz CT molecular complexity index is 392. The molecule has 0 aliphatic heterocycles. The van der Waals surface area contributed by atoms with Crippen LogP contribution in [-0.2, 0) is 4.79 Å². The lowest BCUT2D eigenvalue weighted by molar-refractivity contribution is -0.140. The third-order valence-electron chi connectivity index (χ3n) is 5.58. The second-order valence-electron chi connectivity index (χ2n) is 7.43. The summed E-state index contributed by atoms with van der Waals surface area (Å²) in [7, 11) is 0. The molecule has 0 saturated heterocycles. The smallest absolute Gasteiger partial charge is 0.303 e. The first-order valence-corrected chi connectivity index (χ1v) is 7.75. The van der Waals surface area contributed by atoms with Gasteiger partial charge in [-0.3, -0.25) is 4.79 Å². The standard InChI is InChI=1S/C17H28O2/c1-11-5-7-13(17(3,4)10-16(18)19)9-15-12(2)6-8-14(11)15/h11-13H,5-10H2,1-4H3,(H,18,19). The number of hydrogen-bond donors (Lipinski definition) is 1. The van der Waals surface area contributed by atoms with E-state index < -0.39 is 5.97 Å². The molecule has 0 aromatic rings. The zero-order chi connectivity index (χ0) is 14.2. The summed E-state index contributed by atoms with van der Waals surface area (Å²) in [6.45, 7) is 8.99. The van der Waals surface area contributed by atoms with Crippen molar-refractivity contribution >= 4 is 5.97 Å². The lowest BCUT2D eigenvalue weighted by Crippen LogP contribution is -2.27. The van der Waals surface area contributed by atoms with Crippen LogP contribution < -0.4 is 0 Å². The highest BCUT2D eigenvalue weighted by molar-refractivity contribution is 5.67. The Labute approximate surface area is 117 Å². The molecule has 19 heavy (non-hydrogen) atoms. The second kappa shape index (κ2) is 5.30. The van der Waals surface area contributed by atoms with Gasteiger partial charge in [-0.1, -0.05) is 38.8 Å². The molecule has 0 radical (unpaired) electrons. The van der Waals surface area contributed by atoms with E-state index in [2.05, 4.69) is 27.7 Å². The van der Waals surface area contributed by atoms with Crippen molar-refractivity contribution < 1.29 is 9.90 Å². The lowest BCUT2D eigenvalue weighted by Gasteiger charge is -2.34. The molecule has 2 aliphatic rings. The third-order valence-corrected chi connectivity index (χ3v) is 5.58. The summed E-state index contributed by atoms with van der Waals surface area (Å²) in [6.07, 6.45) is 6.44. The highest BCUT2D eigenvalue weighted by Crippen LogP contribution is 2.48. The predicted molar refractivity (Wildman–Crippen MR) is 78.0 cm³/mol. The normalized spacial score (nSPS) is 32.1. The summed E-state index contributed by atoms with van der Waals surface area (Å²) in [4.78, 5) is 11.1. The maximum atomic E-state index is 11.1. The summed E-state index contributed by atoms with van der Waals surface area (Å²) < 4.78 is 0. The molecule has 0 amide bonds. The minimum Gasteiger partial charge on any atom is -0.481 e. The SMILES string of the molecule is CC1CCC(C(C)(C)CC(=O)O)CC2=C1CCC2C. The number of carboxylic acids is 1. The van der Waals surface area contributed by atoms with Crippen LogP contribution in [0, 0.1) is 23.2 Å². The molecule has 0 spiro atoms. The number of allylic oxidation sites excluding steroid dienone is 2. The van der Waals surface area contributed by atoms with Gasteiger partial charge in [0.2, 0.25) is 0 Å². The van der Waals surface area contributed by atoms with Gasteiger partial charge in [0, 0.05) is 0 Å². The first-order valence-electron chi connectivity index (χ1n) is 7.75. The monoisotopic (exact) mass is 264 g/mol. The van der Waals surface area contributed by atoms with Crippen LogP contribution in [0.3, 0.4) is 0 Å². The maximum absolute atomic E-state index is 11.1. The average molecular weight is 264 g/mol. The third kappa shape index (κ3) is 3.04. The summed E-state index contributed by atoms with van der Waals surface area (Å²) in [5, 5.41) is 9.13. The molecule has 0 aromatic heterocycles. The Balaban J connectivity index is 2.19. The fourth-order valence-electron chi connectivity index (χ4n) is 4.11. The van der Waals surface area contributed by atoms with Gasteiger partial charge in [-0.25, -0.2) is 0 Å². The van der Waals surface area contributed by atoms with Crippen LogP contribution in [0.4, 0.5) is 0 Å². The van der Waals surface area contributed by atoms with Crippen molar-refractivity contribution in [3.63, 3.8) is 0 Å². The van der Waals surface area contributed by atoms with E-state index in [9.17, 15) is 4.79 Å². The molecule has 2 heteroatoms. The molecule has 0 bridgehead atoms. The molecular weight excluding hydrogens is 236 g/mol. The van der Waals surface area contributed by atoms with Crippen LogP contribution >= 0.6 is 0 Å². The molecule has 3 unspecified atom stereocenters. The Morgan fingerprint density at radius 2 is 1.79 bits per heavy atom. The van der Waals surface area contributed by atoms with Crippen LogP contribution in [0.25, 0.3) is 0 Å². The van der Waals surface area contributed by atoms with Gasteiger partial charge >= 0.3 is 5.97 Å². The fraction of sp³-hybridized carbons (Fsp3) is 0.824. The van der Waals surface area contributed by atoms with Crippen molar-refractivity contribution in [2.45, 2.75) is 66.2 Å². The zero-order valence-electron chi connectivity index (χ0n) is 12.8. The van der Waals surface area contributed by atoms with Crippen molar-refractivity contribution in [3.8, 4) is 0 Å². The summed E-state index contributed by atoms with van der Waals surface area (Å²) in [5.74, 6) is 1.30. The molecule has 1 N–H and O–H groups in total. The van der Waals surface area contributed by atoms with Gasteiger partial charge in [0.1, 0.15) is 0 Å². The molecule has 0 saturated carbocycles. The quantitative estimate of drug-likeness (QED) is 0.753. The second-order valence-corrected chi connectivity index (χ2v) is 7.43. The molecule has 0 fully saturated rings. The minimum absolute atomic E-state index is 0.0870. The van der Waals surface area contributed by atoms with Crippen molar-refractivity contribution in [1.29, 1.82) is 0 Å². The van der Waals surface area contributed by atoms with E-state index in [4.69, 9.17) is 5.11 Å². The van der Waals surface area contributed by atoms with Crippen molar-refractivity contribution in [2.75, 3.05) is 0 Å². The van der Waals surface area contributed by atoms with Gasteiger partial charge in [-0.05, 0) is 55.3 Å². The highest BCUT2D eigenvalue weighted by atomic mass is 16.4. The van der Waals surface area contributed by atoms with Crippen LogP contribution in [0.5, 0.6) is 0 Å². The summed E-state index contributed by atoms with van der Waals surface area (Å²) >= 11 is 0. The van der Waals surface area contributed by atoms with Crippen LogP contribution in [0.2, 0.25) is 0 Å². The average Bonchev–Trinajstić information content (AvgIpc) is 2.53. The van der Waals surface area contributed by atoms with Gasteiger partial charge in [-0.2, -0.15) is 0 Å². The van der Waals surface area contributed by atoms with Gasteiger partial charge in [-0.15, -0.1) is 0 Å². The molecule has 2 rings (SSSR count). The van der Waals surface area contributed by atoms with Crippen LogP contribution in [0.15, 0.2) is 11.1 Å². The van der Waals surface area contributed by atoms with Gasteiger partial charge in [0.15, 0.2) is 0 Å². The lowest BCUT2D eigenvalue weighted by atomic mass is 9.71. The number of aliphatic carboxylic acids is 1. The first kappa shape index (κ1) is 14.6. The molecule has 2 aliphatic carbocycles. The van der Waals surface area contributed by atoms with E-state index in [0.29, 0.717) is 18.3 Å². The van der Waals surface area contributed by atoms with Crippen LogP contribution in [0.1, 0.15) is 66.2 Å². The Morgan fingerprint density at radius 3 is 2.42 bits per heavy atom. The summed E-state index contributed by atoms with van der Waals surface area (Å²) in [5.41, 5.74) is 3.30. The summed E-state index contributed by atoms with van der Waals surface area (Å²) in [6, 6.07) is 0. The van der Waals surface area contributed by atoms with Crippen molar-refractivity contribution in [3.05, 3.63) is 11.1 Å². The number of carbonyl (C=O) groups is 1. The first-order chi connectivity index (χ1) is 8.81. The van der Waals surface area contributed by atoms with E-state index >= 15 is 0 Å². The number of rotatable bonds is 3. The van der Waals surface area contributed by atoms with Crippen molar-refractivity contribution in [2.24, 2.45) is 23.2 Å². The number of carboxylic acid groups (broad SMARTS) is 1. The zero-order valence-corrected chi connectivity index (χ0v) is 12.8. The van der Waals surface area contributed by atoms with E-state index in [1.54, 1.807) is 11.1 Å². The van der Waals surface area contributed by atoms with E-state index in [1.807, 2.05) is 0 Å². The minimum atomic E-state index is -0.657. The highest BCUT2D eigenvalue weighted by Gasteiger charge is 2.37. The van der Waals surface area contributed by atoms with Crippen molar-refractivity contribution in [1.82, 2.24) is 0 Å².